The van der Waals surface area contributed by atoms with Gasteiger partial charge in [0, 0.05) is 5.92 Å². The second kappa shape index (κ2) is 3.50. The maximum atomic E-state index is 5.47. The quantitative estimate of drug-likeness (QED) is 0.758. The van der Waals surface area contributed by atoms with Crippen LogP contribution in [-0.2, 0) is 6.54 Å². The van der Waals surface area contributed by atoms with Crippen molar-refractivity contribution in [3.8, 4) is 0 Å². The summed E-state index contributed by atoms with van der Waals surface area (Å²) in [6.45, 7) is 2.40. The highest BCUT2D eigenvalue weighted by atomic mass is 16.4. The number of aromatic nitrogens is 1. The first-order valence-electron chi connectivity index (χ1n) is 4.97. The molecule has 0 atom stereocenters. The minimum atomic E-state index is 0.410. The van der Waals surface area contributed by atoms with Crippen LogP contribution in [0, 0.1) is 6.92 Å². The van der Waals surface area contributed by atoms with E-state index >= 15 is 0 Å². The highest BCUT2D eigenvalue weighted by molar-refractivity contribution is 5.15. The highest BCUT2D eigenvalue weighted by Gasteiger charge is 2.22. The summed E-state index contributed by atoms with van der Waals surface area (Å²) in [6.07, 6.45) is 5.18. The van der Waals surface area contributed by atoms with Gasteiger partial charge in [-0.3, -0.25) is 0 Å². The summed E-state index contributed by atoms with van der Waals surface area (Å²) in [5.74, 6) is 2.27. The summed E-state index contributed by atoms with van der Waals surface area (Å²) in [5, 5.41) is 0. The van der Waals surface area contributed by atoms with Crippen molar-refractivity contribution in [2.24, 2.45) is 5.73 Å². The van der Waals surface area contributed by atoms with Crippen LogP contribution in [0.4, 0.5) is 0 Å². The van der Waals surface area contributed by atoms with Crippen LogP contribution in [0.25, 0.3) is 0 Å². The lowest BCUT2D eigenvalue weighted by molar-refractivity contribution is 0.471. The minimum absolute atomic E-state index is 0.410. The fourth-order valence-corrected chi connectivity index (χ4v) is 2.13. The van der Waals surface area contributed by atoms with Gasteiger partial charge >= 0.3 is 0 Å². The summed E-state index contributed by atoms with van der Waals surface area (Å²) in [4.78, 5) is 4.42. The molecule has 1 heterocycles. The van der Waals surface area contributed by atoms with Gasteiger partial charge in [-0.25, -0.2) is 4.98 Å². The zero-order chi connectivity index (χ0) is 9.26. The SMILES string of the molecule is Cc1oc(CN)nc1C1CCCC1. The molecule has 1 aliphatic rings. The number of hydrogen-bond acceptors (Lipinski definition) is 3. The second-order valence-corrected chi connectivity index (χ2v) is 3.73. The van der Waals surface area contributed by atoms with Crippen LogP contribution in [0.3, 0.4) is 0 Å². The van der Waals surface area contributed by atoms with E-state index in [1.54, 1.807) is 0 Å². The van der Waals surface area contributed by atoms with Crippen molar-refractivity contribution in [1.29, 1.82) is 0 Å². The normalized spacial score (nSPS) is 18.3. The first kappa shape index (κ1) is 8.75. The molecule has 1 saturated carbocycles. The molecule has 2 rings (SSSR count). The van der Waals surface area contributed by atoms with Crippen LogP contribution in [0.2, 0.25) is 0 Å². The molecule has 1 aromatic heterocycles. The van der Waals surface area contributed by atoms with Gasteiger partial charge in [-0.2, -0.15) is 0 Å². The molecule has 0 unspecified atom stereocenters. The summed E-state index contributed by atoms with van der Waals surface area (Å²) in [7, 11) is 0. The molecule has 0 aliphatic heterocycles. The van der Waals surface area contributed by atoms with Gasteiger partial charge in [0.1, 0.15) is 5.76 Å². The molecular formula is C10H16N2O. The molecule has 0 spiro atoms. The van der Waals surface area contributed by atoms with Crippen LogP contribution in [0.1, 0.15) is 48.9 Å². The third kappa shape index (κ3) is 1.61. The predicted molar refractivity (Wildman–Crippen MR) is 50.3 cm³/mol. The molecular weight excluding hydrogens is 164 g/mol. The van der Waals surface area contributed by atoms with Gasteiger partial charge in [0.15, 0.2) is 0 Å². The first-order chi connectivity index (χ1) is 6.31. The fraction of sp³-hybridized carbons (Fsp3) is 0.700. The minimum Gasteiger partial charge on any atom is -0.444 e. The molecule has 0 bridgehead atoms. The van der Waals surface area contributed by atoms with Gasteiger partial charge in [0.25, 0.3) is 0 Å². The number of nitrogens with two attached hydrogens (primary N) is 1. The maximum absolute atomic E-state index is 5.47. The van der Waals surface area contributed by atoms with Gasteiger partial charge in [-0.15, -0.1) is 0 Å². The van der Waals surface area contributed by atoms with Crippen LogP contribution in [0.5, 0.6) is 0 Å². The van der Waals surface area contributed by atoms with E-state index < -0.39 is 0 Å². The van der Waals surface area contributed by atoms with E-state index in [1.807, 2.05) is 6.92 Å². The average molecular weight is 180 g/mol. The number of hydrogen-bond donors (Lipinski definition) is 1. The molecule has 1 fully saturated rings. The average Bonchev–Trinajstić information content (AvgIpc) is 2.72. The topological polar surface area (TPSA) is 52.0 Å². The molecule has 3 nitrogen and oxygen atoms in total. The third-order valence-corrected chi connectivity index (χ3v) is 2.79. The number of oxazole rings is 1. The van der Waals surface area contributed by atoms with Gasteiger partial charge in [0.05, 0.1) is 12.2 Å². The van der Waals surface area contributed by atoms with Crippen LogP contribution in [-0.4, -0.2) is 4.98 Å². The lowest BCUT2D eigenvalue weighted by Gasteiger charge is -2.03. The van der Waals surface area contributed by atoms with Crippen LogP contribution < -0.4 is 5.73 Å². The number of nitrogens with zero attached hydrogens (tertiary/aromatic N) is 1. The molecule has 1 aromatic rings. The van der Waals surface area contributed by atoms with Crippen molar-refractivity contribution in [3.63, 3.8) is 0 Å². The summed E-state index contributed by atoms with van der Waals surface area (Å²) >= 11 is 0. The second-order valence-electron chi connectivity index (χ2n) is 3.73. The third-order valence-electron chi connectivity index (χ3n) is 2.79. The van der Waals surface area contributed by atoms with Gasteiger partial charge in [-0.05, 0) is 19.8 Å². The Hall–Kier alpha value is -0.830. The number of rotatable bonds is 2. The van der Waals surface area contributed by atoms with Crippen LogP contribution in [0.15, 0.2) is 4.42 Å². The summed E-state index contributed by atoms with van der Waals surface area (Å²) in [6, 6.07) is 0. The van der Waals surface area contributed by atoms with Gasteiger partial charge < -0.3 is 10.2 Å². The Kier molecular flexibility index (Phi) is 2.36. The van der Waals surface area contributed by atoms with Gasteiger partial charge in [-0.1, -0.05) is 12.8 Å². The predicted octanol–water partition coefficient (Wildman–Crippen LogP) is 2.10. The lowest BCUT2D eigenvalue weighted by atomic mass is 10.0. The molecule has 72 valence electrons. The van der Waals surface area contributed by atoms with E-state index in [9.17, 15) is 0 Å². The van der Waals surface area contributed by atoms with Crippen molar-refractivity contribution in [1.82, 2.24) is 4.98 Å². The molecule has 0 radical (unpaired) electrons. The van der Waals surface area contributed by atoms with E-state index in [-0.39, 0.29) is 0 Å². The van der Waals surface area contributed by atoms with Crippen molar-refractivity contribution in [2.75, 3.05) is 0 Å². The summed E-state index contributed by atoms with van der Waals surface area (Å²) in [5.41, 5.74) is 6.63. The zero-order valence-electron chi connectivity index (χ0n) is 8.05. The summed E-state index contributed by atoms with van der Waals surface area (Å²) < 4.78 is 5.44. The van der Waals surface area contributed by atoms with E-state index in [2.05, 4.69) is 4.98 Å². The largest absolute Gasteiger partial charge is 0.444 e. The number of aryl methyl sites for hydroxylation is 1. The Balaban J connectivity index is 2.22. The van der Waals surface area contributed by atoms with Crippen molar-refractivity contribution >= 4 is 0 Å². The molecule has 1 aliphatic carbocycles. The molecule has 3 heteroatoms. The fourth-order valence-electron chi connectivity index (χ4n) is 2.13. The molecule has 0 amide bonds. The van der Waals surface area contributed by atoms with Crippen LogP contribution >= 0.6 is 0 Å². The smallest absolute Gasteiger partial charge is 0.208 e. The van der Waals surface area contributed by atoms with E-state index in [4.69, 9.17) is 10.2 Å². The maximum Gasteiger partial charge on any atom is 0.208 e. The Labute approximate surface area is 78.3 Å². The van der Waals surface area contributed by atoms with Crippen molar-refractivity contribution in [3.05, 3.63) is 17.3 Å². The van der Waals surface area contributed by atoms with Crippen molar-refractivity contribution < 1.29 is 4.42 Å². The standard InChI is InChI=1S/C10H16N2O/c1-7-10(8-4-2-3-5-8)12-9(6-11)13-7/h8H,2-6,11H2,1H3. The van der Waals surface area contributed by atoms with E-state index in [0.29, 0.717) is 18.4 Å². The molecule has 13 heavy (non-hydrogen) atoms. The monoisotopic (exact) mass is 180 g/mol. The Bertz CT molecular complexity index is 287. The van der Waals surface area contributed by atoms with E-state index in [1.165, 1.54) is 25.7 Å². The Morgan fingerprint density at radius 1 is 1.46 bits per heavy atom. The molecule has 0 aromatic carbocycles. The molecule has 2 N–H and O–H groups in total. The van der Waals surface area contributed by atoms with Crippen molar-refractivity contribution in [2.45, 2.75) is 45.1 Å². The molecule has 0 saturated heterocycles. The zero-order valence-corrected chi connectivity index (χ0v) is 8.05. The lowest BCUT2D eigenvalue weighted by Crippen LogP contribution is -1.98. The first-order valence-corrected chi connectivity index (χ1v) is 4.97. The van der Waals surface area contributed by atoms with E-state index in [0.717, 1.165) is 11.5 Å². The van der Waals surface area contributed by atoms with Gasteiger partial charge in [0.2, 0.25) is 5.89 Å². The highest BCUT2D eigenvalue weighted by Crippen LogP contribution is 2.35. The Morgan fingerprint density at radius 3 is 2.69 bits per heavy atom. The Morgan fingerprint density at radius 2 is 2.15 bits per heavy atom.